The Morgan fingerprint density at radius 2 is 1.82 bits per heavy atom. The molecule has 4 rings (SSSR count). The summed E-state index contributed by atoms with van der Waals surface area (Å²) in [5, 5.41) is 2.93. The van der Waals surface area contributed by atoms with Crippen LogP contribution in [0.15, 0.2) is 41.4 Å². The fourth-order valence-corrected chi connectivity index (χ4v) is 6.02. The summed E-state index contributed by atoms with van der Waals surface area (Å²) in [6, 6.07) is 8.94. The van der Waals surface area contributed by atoms with Crippen molar-refractivity contribution in [3.8, 4) is 0 Å². The van der Waals surface area contributed by atoms with Crippen molar-refractivity contribution < 1.29 is 18.0 Å². The van der Waals surface area contributed by atoms with E-state index < -0.39 is 15.9 Å². The lowest BCUT2D eigenvalue weighted by Crippen LogP contribution is -2.43. The third-order valence-corrected chi connectivity index (χ3v) is 8.60. The first-order valence-corrected chi connectivity index (χ1v) is 13.0. The number of amides is 2. The number of sulfonamides is 1. The molecule has 0 radical (unpaired) electrons. The average molecular weight is 473 g/mol. The van der Waals surface area contributed by atoms with Crippen molar-refractivity contribution in [2.75, 3.05) is 31.5 Å². The normalized spacial score (nSPS) is 20.5. The van der Waals surface area contributed by atoms with Gasteiger partial charge in [0.2, 0.25) is 15.9 Å². The van der Waals surface area contributed by atoms with Gasteiger partial charge in [-0.05, 0) is 56.2 Å². The van der Waals surface area contributed by atoms with Crippen LogP contribution in [0.1, 0.15) is 48.7 Å². The molecule has 2 fully saturated rings. The van der Waals surface area contributed by atoms with Gasteiger partial charge in [0.05, 0.1) is 5.92 Å². The number of piperidine rings is 2. The molecule has 2 aromatic rings. The molecule has 8 nitrogen and oxygen atoms in total. The van der Waals surface area contributed by atoms with Crippen LogP contribution in [-0.2, 0) is 14.8 Å². The predicted octanol–water partition coefficient (Wildman–Crippen LogP) is 3.23. The van der Waals surface area contributed by atoms with Crippen LogP contribution in [0, 0.1) is 18.8 Å². The van der Waals surface area contributed by atoms with Gasteiger partial charge in [0.15, 0.2) is 0 Å². The van der Waals surface area contributed by atoms with E-state index in [0.29, 0.717) is 38.4 Å². The smallest absolute Gasteiger partial charge is 0.270 e. The number of likely N-dealkylation sites (tertiary alicyclic amines) is 1. The van der Waals surface area contributed by atoms with E-state index >= 15 is 0 Å². The van der Waals surface area contributed by atoms with Gasteiger partial charge in [-0.2, -0.15) is 4.31 Å². The Bertz CT molecular complexity index is 1120. The predicted molar refractivity (Wildman–Crippen MR) is 126 cm³/mol. The molecular weight excluding hydrogens is 440 g/mol. The second kappa shape index (κ2) is 9.69. The lowest BCUT2D eigenvalue weighted by atomic mass is 9.98. The number of rotatable bonds is 5. The molecule has 2 aliphatic rings. The number of hydrogen-bond acceptors (Lipinski definition) is 4. The van der Waals surface area contributed by atoms with Crippen LogP contribution in [-0.4, -0.2) is 60.6 Å². The number of aryl methyl sites for hydroxylation is 1. The van der Waals surface area contributed by atoms with Crippen molar-refractivity contribution >= 4 is 27.5 Å². The maximum absolute atomic E-state index is 13.3. The molecule has 2 N–H and O–H groups in total. The Labute approximate surface area is 195 Å². The Kier molecular flexibility index (Phi) is 6.90. The molecule has 2 saturated heterocycles. The van der Waals surface area contributed by atoms with Crippen LogP contribution < -0.4 is 5.32 Å². The SMILES string of the molecule is Cc1ccccc1NC(=O)C1CCCN(S(=O)(=O)c2c[nH]c(C(=O)N3CCC(C)CC3)c2)C1. The molecule has 1 aromatic heterocycles. The summed E-state index contributed by atoms with van der Waals surface area (Å²) in [7, 11) is -3.81. The monoisotopic (exact) mass is 472 g/mol. The fraction of sp³-hybridized carbons (Fsp3) is 0.500. The minimum atomic E-state index is -3.81. The van der Waals surface area contributed by atoms with E-state index in [2.05, 4.69) is 17.2 Å². The van der Waals surface area contributed by atoms with Crippen molar-refractivity contribution in [1.29, 1.82) is 0 Å². The number of aromatic amines is 1. The molecular formula is C24H32N4O4S. The third kappa shape index (κ3) is 5.14. The number of anilines is 1. The number of benzene rings is 1. The van der Waals surface area contributed by atoms with E-state index in [4.69, 9.17) is 0 Å². The summed E-state index contributed by atoms with van der Waals surface area (Å²) in [6.07, 6.45) is 4.53. The van der Waals surface area contributed by atoms with Gasteiger partial charge in [-0.1, -0.05) is 25.1 Å². The van der Waals surface area contributed by atoms with Crippen molar-refractivity contribution in [2.45, 2.75) is 44.4 Å². The zero-order chi connectivity index (χ0) is 23.6. The number of nitrogens with one attached hydrogen (secondary N) is 2. The number of carbonyl (C=O) groups excluding carboxylic acids is 2. The average Bonchev–Trinajstić information content (AvgIpc) is 3.32. The number of H-pyrrole nitrogens is 1. The van der Waals surface area contributed by atoms with Gasteiger partial charge in [-0.3, -0.25) is 9.59 Å². The highest BCUT2D eigenvalue weighted by molar-refractivity contribution is 7.89. The number of para-hydroxylation sites is 1. The fourth-order valence-electron chi connectivity index (χ4n) is 4.50. The standard InChI is InChI=1S/C24H32N4O4S/c1-17-9-12-27(13-10-17)24(30)22-14-20(15-25-22)33(31,32)28-11-5-7-19(16-28)23(29)26-21-8-4-3-6-18(21)2/h3-4,6,8,14-15,17,19,25H,5,7,9-13,16H2,1-2H3,(H,26,29). The topological polar surface area (TPSA) is 103 Å². The van der Waals surface area contributed by atoms with Gasteiger partial charge in [-0.15, -0.1) is 0 Å². The van der Waals surface area contributed by atoms with Crippen molar-refractivity contribution in [3.63, 3.8) is 0 Å². The van der Waals surface area contributed by atoms with Crippen LogP contribution in [0.25, 0.3) is 0 Å². The molecule has 3 heterocycles. The highest BCUT2D eigenvalue weighted by Gasteiger charge is 2.34. The number of hydrogen-bond donors (Lipinski definition) is 2. The Morgan fingerprint density at radius 1 is 1.09 bits per heavy atom. The Balaban J connectivity index is 1.43. The minimum absolute atomic E-state index is 0.0659. The van der Waals surface area contributed by atoms with Crippen LogP contribution in [0.2, 0.25) is 0 Å². The Hall–Kier alpha value is -2.65. The summed E-state index contributed by atoms with van der Waals surface area (Å²) in [5.74, 6) is -0.168. The van der Waals surface area contributed by atoms with Crippen molar-refractivity contribution in [2.24, 2.45) is 11.8 Å². The first kappa shape index (κ1) is 23.5. The zero-order valence-corrected chi connectivity index (χ0v) is 20.0. The molecule has 0 spiro atoms. The summed E-state index contributed by atoms with van der Waals surface area (Å²) >= 11 is 0. The third-order valence-electron chi connectivity index (χ3n) is 6.75. The van der Waals surface area contributed by atoms with E-state index in [-0.39, 0.29) is 28.9 Å². The summed E-state index contributed by atoms with van der Waals surface area (Å²) in [5.41, 5.74) is 1.98. The maximum Gasteiger partial charge on any atom is 0.270 e. The van der Waals surface area contributed by atoms with Crippen molar-refractivity contribution in [3.05, 3.63) is 47.8 Å². The minimum Gasteiger partial charge on any atom is -0.356 e. The second-order valence-corrected chi connectivity index (χ2v) is 11.2. The second-order valence-electron chi connectivity index (χ2n) is 9.23. The molecule has 0 aliphatic carbocycles. The van der Waals surface area contributed by atoms with Crippen LogP contribution in [0.4, 0.5) is 5.69 Å². The van der Waals surface area contributed by atoms with Gasteiger partial charge >= 0.3 is 0 Å². The highest BCUT2D eigenvalue weighted by Crippen LogP contribution is 2.26. The van der Waals surface area contributed by atoms with Gasteiger partial charge in [-0.25, -0.2) is 8.42 Å². The van der Waals surface area contributed by atoms with E-state index in [1.54, 1.807) is 4.90 Å². The van der Waals surface area contributed by atoms with Crippen LogP contribution in [0.5, 0.6) is 0 Å². The van der Waals surface area contributed by atoms with Crippen LogP contribution >= 0.6 is 0 Å². The largest absolute Gasteiger partial charge is 0.356 e. The zero-order valence-electron chi connectivity index (χ0n) is 19.2. The lowest BCUT2D eigenvalue weighted by molar-refractivity contribution is -0.120. The van der Waals surface area contributed by atoms with E-state index in [0.717, 1.165) is 24.1 Å². The first-order valence-electron chi connectivity index (χ1n) is 11.6. The van der Waals surface area contributed by atoms with Gasteiger partial charge < -0.3 is 15.2 Å². The molecule has 1 atom stereocenters. The lowest BCUT2D eigenvalue weighted by Gasteiger charge is -2.31. The van der Waals surface area contributed by atoms with Crippen molar-refractivity contribution in [1.82, 2.24) is 14.2 Å². The first-order chi connectivity index (χ1) is 15.8. The molecule has 0 saturated carbocycles. The maximum atomic E-state index is 13.3. The number of aromatic nitrogens is 1. The van der Waals surface area contributed by atoms with Crippen LogP contribution in [0.3, 0.4) is 0 Å². The van der Waals surface area contributed by atoms with E-state index in [1.807, 2.05) is 31.2 Å². The number of nitrogens with zero attached hydrogens (tertiary/aromatic N) is 2. The summed E-state index contributed by atoms with van der Waals surface area (Å²) in [4.78, 5) is 30.3. The number of carbonyl (C=O) groups is 2. The van der Waals surface area contributed by atoms with E-state index in [9.17, 15) is 18.0 Å². The molecule has 33 heavy (non-hydrogen) atoms. The van der Waals surface area contributed by atoms with Gasteiger partial charge in [0, 0.05) is 38.1 Å². The highest BCUT2D eigenvalue weighted by atomic mass is 32.2. The quantitative estimate of drug-likeness (QED) is 0.697. The van der Waals surface area contributed by atoms with E-state index in [1.165, 1.54) is 16.6 Å². The molecule has 2 aliphatic heterocycles. The van der Waals surface area contributed by atoms with Gasteiger partial charge in [0.25, 0.3) is 5.91 Å². The molecule has 9 heteroatoms. The molecule has 1 unspecified atom stereocenters. The molecule has 2 amide bonds. The summed E-state index contributed by atoms with van der Waals surface area (Å²) in [6.45, 7) is 5.94. The van der Waals surface area contributed by atoms with Gasteiger partial charge in [0.1, 0.15) is 10.6 Å². The molecule has 1 aromatic carbocycles. The molecule has 178 valence electrons. The molecule has 0 bridgehead atoms. The Morgan fingerprint density at radius 3 is 2.55 bits per heavy atom. The summed E-state index contributed by atoms with van der Waals surface area (Å²) < 4.78 is 27.9.